The molecule has 1 aliphatic rings. The van der Waals surface area contributed by atoms with Crippen molar-refractivity contribution >= 4 is 11.9 Å². The van der Waals surface area contributed by atoms with Crippen molar-refractivity contribution in [3.63, 3.8) is 0 Å². The van der Waals surface area contributed by atoms with Gasteiger partial charge >= 0.3 is 11.9 Å². The summed E-state index contributed by atoms with van der Waals surface area (Å²) in [4.78, 5) is 23.1. The maximum Gasteiger partial charge on any atom is 0.306 e. The van der Waals surface area contributed by atoms with Gasteiger partial charge in [-0.15, -0.1) is 0 Å². The highest BCUT2D eigenvalue weighted by molar-refractivity contribution is 5.70. The summed E-state index contributed by atoms with van der Waals surface area (Å²) < 4.78 is 4.57. The van der Waals surface area contributed by atoms with Crippen LogP contribution in [-0.2, 0) is 14.3 Å². The Morgan fingerprint density at radius 1 is 1.28 bits per heavy atom. The zero-order valence-electron chi connectivity index (χ0n) is 10.8. The van der Waals surface area contributed by atoms with E-state index in [2.05, 4.69) is 4.74 Å². The fourth-order valence-corrected chi connectivity index (χ4v) is 2.27. The number of piperidine rings is 1. The Hall–Kier alpha value is -0.810. The smallest absolute Gasteiger partial charge is 0.306 e. The molecule has 0 aromatic heterocycles. The van der Waals surface area contributed by atoms with Gasteiger partial charge in [0.1, 0.15) is 0 Å². The van der Waals surface area contributed by atoms with Gasteiger partial charge in [-0.1, -0.05) is 0 Å². The molecule has 1 rings (SSSR count). The summed E-state index contributed by atoms with van der Waals surface area (Å²) >= 11 is 0. The van der Waals surface area contributed by atoms with Crippen molar-refractivity contribution in [2.45, 2.75) is 32.1 Å². The summed E-state index contributed by atoms with van der Waals surface area (Å²) in [6.07, 6.45) is 3.91. The highest BCUT2D eigenvalue weighted by Crippen LogP contribution is 2.09. The minimum Gasteiger partial charge on any atom is -1.00 e. The lowest BCUT2D eigenvalue weighted by Crippen LogP contribution is -3.13. The fraction of sp³-hybridized carbons (Fsp3) is 0.833. The lowest BCUT2D eigenvalue weighted by molar-refractivity contribution is -0.906. The van der Waals surface area contributed by atoms with E-state index >= 15 is 0 Å². The van der Waals surface area contributed by atoms with Crippen molar-refractivity contribution in [1.29, 1.82) is 0 Å². The van der Waals surface area contributed by atoms with Crippen LogP contribution in [0.15, 0.2) is 0 Å². The molecule has 0 saturated carbocycles. The molecule has 0 atom stereocenters. The number of halogens is 1. The van der Waals surface area contributed by atoms with Crippen molar-refractivity contribution < 1.29 is 36.7 Å². The predicted molar refractivity (Wildman–Crippen MR) is 61.8 cm³/mol. The van der Waals surface area contributed by atoms with E-state index in [1.807, 2.05) is 0 Å². The van der Waals surface area contributed by atoms with E-state index in [0.29, 0.717) is 6.42 Å². The number of carboxylic acids is 1. The van der Waals surface area contributed by atoms with E-state index in [1.54, 1.807) is 0 Å². The first-order chi connectivity index (χ1) is 8.13. The van der Waals surface area contributed by atoms with Gasteiger partial charge < -0.3 is 27.2 Å². The van der Waals surface area contributed by atoms with Gasteiger partial charge in [-0.05, 0) is 12.8 Å². The maximum absolute atomic E-state index is 10.9. The largest absolute Gasteiger partial charge is 1.00 e. The molecular formula is C12H22ClNO4. The fourth-order valence-electron chi connectivity index (χ4n) is 2.27. The zero-order chi connectivity index (χ0) is 12.7. The molecule has 0 spiro atoms. The van der Waals surface area contributed by atoms with Gasteiger partial charge in [0.25, 0.3) is 0 Å². The van der Waals surface area contributed by atoms with E-state index < -0.39 is 5.97 Å². The van der Waals surface area contributed by atoms with Crippen LogP contribution in [-0.4, -0.2) is 43.8 Å². The third kappa shape index (κ3) is 6.21. The molecule has 106 valence electrons. The third-order valence-electron chi connectivity index (χ3n) is 3.43. The third-order valence-corrected chi connectivity index (χ3v) is 3.43. The van der Waals surface area contributed by atoms with Gasteiger partial charge in [-0.2, -0.15) is 0 Å². The minimum absolute atomic E-state index is 0. The second-order valence-corrected chi connectivity index (χ2v) is 4.65. The monoisotopic (exact) mass is 279 g/mol. The molecule has 0 aromatic carbocycles. The van der Waals surface area contributed by atoms with Crippen molar-refractivity contribution in [2.75, 3.05) is 26.7 Å². The Bertz CT molecular complexity index is 265. The molecule has 0 aromatic rings. The molecule has 2 N–H and O–H groups in total. The topological polar surface area (TPSA) is 68.0 Å². The molecule has 1 saturated heterocycles. The Kier molecular flexibility index (Phi) is 8.75. The summed E-state index contributed by atoms with van der Waals surface area (Å²) in [5.74, 6) is -0.951. The van der Waals surface area contributed by atoms with Crippen LogP contribution in [0.5, 0.6) is 0 Å². The van der Waals surface area contributed by atoms with Crippen LogP contribution in [0, 0.1) is 5.92 Å². The number of aliphatic carboxylic acids is 1. The van der Waals surface area contributed by atoms with Gasteiger partial charge in [-0.3, -0.25) is 9.59 Å². The first kappa shape index (κ1) is 17.2. The van der Waals surface area contributed by atoms with Gasteiger partial charge in [0.15, 0.2) is 0 Å². The van der Waals surface area contributed by atoms with Gasteiger partial charge in [0.2, 0.25) is 0 Å². The Balaban J connectivity index is 0.00000289. The second-order valence-electron chi connectivity index (χ2n) is 4.65. The number of quaternary nitrogens is 1. The molecule has 0 aliphatic carbocycles. The molecule has 1 fully saturated rings. The second kappa shape index (κ2) is 9.16. The normalized spacial score (nSPS) is 22.9. The van der Waals surface area contributed by atoms with Crippen LogP contribution in [0.3, 0.4) is 0 Å². The number of unbranched alkanes of at least 4 members (excludes halogenated alkanes) is 1. The number of hydrogen-bond acceptors (Lipinski definition) is 3. The predicted octanol–water partition coefficient (Wildman–Crippen LogP) is -3.29. The van der Waals surface area contributed by atoms with E-state index in [4.69, 9.17) is 5.11 Å². The van der Waals surface area contributed by atoms with Crippen molar-refractivity contribution in [2.24, 2.45) is 5.92 Å². The molecule has 0 bridgehead atoms. The summed E-state index contributed by atoms with van der Waals surface area (Å²) in [6.45, 7) is 2.91. The van der Waals surface area contributed by atoms with Crippen molar-refractivity contribution in [1.82, 2.24) is 0 Å². The van der Waals surface area contributed by atoms with Crippen LogP contribution >= 0.6 is 0 Å². The molecule has 5 nitrogen and oxygen atoms in total. The number of likely N-dealkylation sites (tertiary alicyclic amines) is 1. The zero-order valence-corrected chi connectivity index (χ0v) is 11.5. The highest BCUT2D eigenvalue weighted by atomic mass is 35.5. The number of methoxy groups -OCH3 is 1. The summed E-state index contributed by atoms with van der Waals surface area (Å²) in [5, 5.41) is 8.87. The number of ether oxygens (including phenoxy) is 1. The number of hydrogen-bond donors (Lipinski definition) is 2. The number of esters is 1. The molecule has 0 radical (unpaired) electrons. The van der Waals surface area contributed by atoms with Crippen LogP contribution in [0.25, 0.3) is 0 Å². The van der Waals surface area contributed by atoms with E-state index in [9.17, 15) is 9.59 Å². The lowest BCUT2D eigenvalue weighted by atomic mass is 9.97. The minimum atomic E-state index is -0.658. The number of carboxylic acid groups (broad SMARTS) is 1. The Morgan fingerprint density at radius 2 is 1.89 bits per heavy atom. The molecule has 1 aliphatic heterocycles. The molecular weight excluding hydrogens is 258 g/mol. The number of rotatable bonds is 6. The first-order valence-electron chi connectivity index (χ1n) is 6.26. The summed E-state index contributed by atoms with van der Waals surface area (Å²) in [5.41, 5.74) is 0. The standard InChI is InChI=1S/C12H21NO4.ClH/c1-17-11(14)4-2-3-7-13-8-5-10(6-9-13)12(15)16;/h10H,2-9H2,1H3,(H,15,16);1H. The SMILES string of the molecule is COC(=O)CCCC[NH+]1CCC(C(=O)O)CC1.[Cl-]. The lowest BCUT2D eigenvalue weighted by Gasteiger charge is -2.27. The van der Waals surface area contributed by atoms with Gasteiger partial charge in [0.05, 0.1) is 32.7 Å². The summed E-state index contributed by atoms with van der Waals surface area (Å²) in [7, 11) is 1.41. The van der Waals surface area contributed by atoms with Gasteiger partial charge in [-0.25, -0.2) is 0 Å². The van der Waals surface area contributed by atoms with Crippen LogP contribution < -0.4 is 17.3 Å². The molecule has 6 heteroatoms. The molecule has 18 heavy (non-hydrogen) atoms. The Labute approximate surface area is 114 Å². The molecule has 1 heterocycles. The van der Waals surface area contributed by atoms with Crippen molar-refractivity contribution in [3.8, 4) is 0 Å². The van der Waals surface area contributed by atoms with E-state index in [0.717, 1.165) is 45.3 Å². The van der Waals surface area contributed by atoms with Gasteiger partial charge in [0, 0.05) is 19.3 Å². The molecule has 0 unspecified atom stereocenters. The summed E-state index contributed by atoms with van der Waals surface area (Å²) in [6, 6.07) is 0. The number of carbonyl (C=O) groups excluding carboxylic acids is 1. The van der Waals surface area contributed by atoms with Crippen LogP contribution in [0.1, 0.15) is 32.1 Å². The van der Waals surface area contributed by atoms with Crippen LogP contribution in [0.4, 0.5) is 0 Å². The quantitative estimate of drug-likeness (QED) is 0.395. The number of nitrogens with one attached hydrogen (secondary N) is 1. The maximum atomic E-state index is 10.9. The van der Waals surface area contributed by atoms with E-state index in [-0.39, 0.29) is 24.3 Å². The average molecular weight is 280 g/mol. The number of carbonyl (C=O) groups is 2. The van der Waals surface area contributed by atoms with Crippen molar-refractivity contribution in [3.05, 3.63) is 0 Å². The highest BCUT2D eigenvalue weighted by Gasteiger charge is 2.26. The Morgan fingerprint density at radius 3 is 2.39 bits per heavy atom. The average Bonchev–Trinajstić information content (AvgIpc) is 2.34. The van der Waals surface area contributed by atoms with E-state index in [1.165, 1.54) is 12.0 Å². The van der Waals surface area contributed by atoms with Crippen LogP contribution in [0.2, 0.25) is 0 Å². The molecule has 0 amide bonds. The first-order valence-corrected chi connectivity index (χ1v) is 6.26.